The predicted molar refractivity (Wildman–Crippen MR) is 76.1 cm³/mol. The van der Waals surface area contributed by atoms with Gasteiger partial charge in [0.15, 0.2) is 0 Å². The highest BCUT2D eigenvalue weighted by Crippen LogP contribution is 2.30. The molecule has 3 heteroatoms. The zero-order valence-corrected chi connectivity index (χ0v) is 11.3. The summed E-state index contributed by atoms with van der Waals surface area (Å²) in [4.78, 5) is 0. The minimum absolute atomic E-state index is 0.498. The highest BCUT2D eigenvalue weighted by atomic mass is 35.5. The molecule has 0 fully saturated rings. The van der Waals surface area contributed by atoms with E-state index >= 15 is 0 Å². The predicted octanol–water partition coefficient (Wildman–Crippen LogP) is 3.78. The third-order valence-electron chi connectivity index (χ3n) is 3.00. The molecule has 0 amide bonds. The van der Waals surface area contributed by atoms with Crippen LogP contribution in [-0.2, 0) is 6.54 Å². The number of hydrogen-bond donors (Lipinski definition) is 1. The number of hydrogen-bond acceptors (Lipinski definition) is 2. The fourth-order valence-corrected chi connectivity index (χ4v) is 2.21. The van der Waals surface area contributed by atoms with Gasteiger partial charge in [0.1, 0.15) is 5.75 Å². The number of rotatable bonds is 3. The largest absolute Gasteiger partial charge is 0.496 e. The van der Waals surface area contributed by atoms with Crippen molar-refractivity contribution >= 4 is 11.6 Å². The summed E-state index contributed by atoms with van der Waals surface area (Å²) in [7, 11) is 1.67. The van der Waals surface area contributed by atoms with Crippen molar-refractivity contribution in [3.8, 4) is 16.9 Å². The van der Waals surface area contributed by atoms with Crippen molar-refractivity contribution in [2.75, 3.05) is 7.11 Å². The second-order valence-electron chi connectivity index (χ2n) is 4.19. The number of aryl methyl sites for hydroxylation is 1. The minimum atomic E-state index is 0.498. The van der Waals surface area contributed by atoms with E-state index in [1.807, 2.05) is 37.3 Å². The van der Waals surface area contributed by atoms with E-state index in [9.17, 15) is 0 Å². The first kappa shape index (κ1) is 12.9. The van der Waals surface area contributed by atoms with Gasteiger partial charge in [-0.3, -0.25) is 0 Å². The first-order chi connectivity index (χ1) is 8.65. The number of benzene rings is 2. The fraction of sp³-hybridized carbons (Fsp3) is 0.200. The van der Waals surface area contributed by atoms with Crippen LogP contribution in [0.25, 0.3) is 11.1 Å². The zero-order valence-electron chi connectivity index (χ0n) is 10.5. The van der Waals surface area contributed by atoms with Crippen LogP contribution in [0.15, 0.2) is 36.4 Å². The molecular weight excluding hydrogens is 246 g/mol. The Hall–Kier alpha value is -1.51. The molecule has 2 aromatic carbocycles. The van der Waals surface area contributed by atoms with Crippen LogP contribution < -0.4 is 10.5 Å². The van der Waals surface area contributed by atoms with Gasteiger partial charge in [0, 0.05) is 11.6 Å². The molecule has 0 saturated carbocycles. The lowest BCUT2D eigenvalue weighted by Crippen LogP contribution is -1.99. The molecule has 0 bridgehead atoms. The Morgan fingerprint density at radius 2 is 1.94 bits per heavy atom. The summed E-state index contributed by atoms with van der Waals surface area (Å²) in [6.45, 7) is 2.52. The fourth-order valence-electron chi connectivity index (χ4n) is 2.04. The molecule has 0 radical (unpaired) electrons. The van der Waals surface area contributed by atoms with Crippen molar-refractivity contribution in [2.24, 2.45) is 5.73 Å². The van der Waals surface area contributed by atoms with Crippen molar-refractivity contribution in [1.82, 2.24) is 0 Å². The maximum atomic E-state index is 6.06. The molecule has 2 N–H and O–H groups in total. The Bertz CT molecular complexity index is 566. The molecule has 0 aliphatic rings. The smallest absolute Gasteiger partial charge is 0.121 e. The van der Waals surface area contributed by atoms with E-state index in [1.165, 1.54) is 0 Å². The molecule has 2 nitrogen and oxygen atoms in total. The molecule has 0 unspecified atom stereocenters. The molecule has 2 aromatic rings. The molecule has 0 aliphatic carbocycles. The van der Waals surface area contributed by atoms with E-state index in [4.69, 9.17) is 22.1 Å². The Morgan fingerprint density at radius 1 is 1.17 bits per heavy atom. The van der Waals surface area contributed by atoms with Crippen molar-refractivity contribution in [3.63, 3.8) is 0 Å². The lowest BCUT2D eigenvalue weighted by Gasteiger charge is -2.11. The van der Waals surface area contributed by atoms with E-state index in [0.717, 1.165) is 33.0 Å². The van der Waals surface area contributed by atoms with Crippen molar-refractivity contribution in [1.29, 1.82) is 0 Å². The van der Waals surface area contributed by atoms with Crippen molar-refractivity contribution in [2.45, 2.75) is 13.5 Å². The highest BCUT2D eigenvalue weighted by molar-refractivity contribution is 6.30. The second-order valence-corrected chi connectivity index (χ2v) is 4.63. The van der Waals surface area contributed by atoms with Crippen molar-refractivity contribution < 1.29 is 4.74 Å². The summed E-state index contributed by atoms with van der Waals surface area (Å²) in [5.41, 5.74) is 10.1. The van der Waals surface area contributed by atoms with E-state index in [2.05, 4.69) is 6.07 Å². The van der Waals surface area contributed by atoms with Crippen LogP contribution in [0.1, 0.15) is 11.1 Å². The quantitative estimate of drug-likeness (QED) is 0.913. The van der Waals surface area contributed by atoms with Crippen LogP contribution in [0.2, 0.25) is 5.02 Å². The average molecular weight is 262 g/mol. The molecule has 0 saturated heterocycles. The van der Waals surface area contributed by atoms with E-state index in [1.54, 1.807) is 7.11 Å². The van der Waals surface area contributed by atoms with Gasteiger partial charge in [-0.25, -0.2) is 0 Å². The van der Waals surface area contributed by atoms with E-state index < -0.39 is 0 Å². The van der Waals surface area contributed by atoms with Gasteiger partial charge in [0.2, 0.25) is 0 Å². The Kier molecular flexibility index (Phi) is 3.90. The Balaban J connectivity index is 2.54. The third-order valence-corrected chi connectivity index (χ3v) is 3.23. The summed E-state index contributed by atoms with van der Waals surface area (Å²) in [5.74, 6) is 0.884. The van der Waals surface area contributed by atoms with Crippen LogP contribution in [0.3, 0.4) is 0 Å². The monoisotopic (exact) mass is 261 g/mol. The normalized spacial score (nSPS) is 10.4. The first-order valence-electron chi connectivity index (χ1n) is 5.79. The molecule has 0 atom stereocenters. The minimum Gasteiger partial charge on any atom is -0.496 e. The van der Waals surface area contributed by atoms with Crippen LogP contribution in [0, 0.1) is 6.92 Å². The number of ether oxygens (including phenoxy) is 1. The topological polar surface area (TPSA) is 35.2 Å². The zero-order chi connectivity index (χ0) is 13.1. The lowest BCUT2D eigenvalue weighted by atomic mass is 9.98. The van der Waals surface area contributed by atoms with E-state index in [-0.39, 0.29) is 0 Å². The molecule has 0 spiro atoms. The second kappa shape index (κ2) is 5.42. The van der Waals surface area contributed by atoms with Gasteiger partial charge >= 0.3 is 0 Å². The van der Waals surface area contributed by atoms with Gasteiger partial charge in [-0.1, -0.05) is 23.7 Å². The van der Waals surface area contributed by atoms with Gasteiger partial charge in [0.05, 0.1) is 7.11 Å². The Labute approximate surface area is 112 Å². The van der Waals surface area contributed by atoms with Gasteiger partial charge < -0.3 is 10.5 Å². The summed E-state index contributed by atoms with van der Waals surface area (Å²) >= 11 is 6.06. The summed E-state index contributed by atoms with van der Waals surface area (Å²) in [6.07, 6.45) is 0. The Morgan fingerprint density at radius 3 is 2.56 bits per heavy atom. The standard InChI is InChI=1S/C15H16ClNO/c1-10-7-11(4-6-15(10)18-2)14-8-13(16)5-3-12(14)9-17/h3-8H,9,17H2,1-2H3. The summed E-state index contributed by atoms with van der Waals surface area (Å²) < 4.78 is 5.27. The van der Waals surface area contributed by atoms with E-state index in [0.29, 0.717) is 6.54 Å². The third kappa shape index (κ3) is 2.50. The number of nitrogens with two attached hydrogens (primary N) is 1. The van der Waals surface area contributed by atoms with Gasteiger partial charge in [-0.2, -0.15) is 0 Å². The molecule has 0 aromatic heterocycles. The number of halogens is 1. The molecule has 94 valence electrons. The van der Waals surface area contributed by atoms with Gasteiger partial charge in [-0.05, 0) is 53.4 Å². The summed E-state index contributed by atoms with van der Waals surface area (Å²) in [5, 5.41) is 0.718. The highest BCUT2D eigenvalue weighted by Gasteiger charge is 2.07. The molecular formula is C15H16ClNO. The maximum Gasteiger partial charge on any atom is 0.121 e. The summed E-state index contributed by atoms with van der Waals surface area (Å²) in [6, 6.07) is 11.9. The molecule has 2 rings (SSSR count). The SMILES string of the molecule is COc1ccc(-c2cc(Cl)ccc2CN)cc1C. The van der Waals surface area contributed by atoms with Gasteiger partial charge in [-0.15, -0.1) is 0 Å². The van der Waals surface area contributed by atoms with Crippen LogP contribution in [-0.4, -0.2) is 7.11 Å². The maximum absolute atomic E-state index is 6.06. The molecule has 0 heterocycles. The molecule has 0 aliphatic heterocycles. The first-order valence-corrected chi connectivity index (χ1v) is 6.17. The van der Waals surface area contributed by atoms with Crippen LogP contribution in [0.4, 0.5) is 0 Å². The van der Waals surface area contributed by atoms with Crippen LogP contribution in [0.5, 0.6) is 5.75 Å². The van der Waals surface area contributed by atoms with Crippen molar-refractivity contribution in [3.05, 3.63) is 52.5 Å². The average Bonchev–Trinajstić information content (AvgIpc) is 2.38. The molecule has 18 heavy (non-hydrogen) atoms. The van der Waals surface area contributed by atoms with Gasteiger partial charge in [0.25, 0.3) is 0 Å². The number of methoxy groups -OCH3 is 1. The lowest BCUT2D eigenvalue weighted by molar-refractivity contribution is 0.412. The van der Waals surface area contributed by atoms with Crippen LogP contribution >= 0.6 is 11.6 Å².